The van der Waals surface area contributed by atoms with Gasteiger partial charge in [0.1, 0.15) is 6.29 Å². The van der Waals surface area contributed by atoms with Gasteiger partial charge in [-0.15, -0.1) is 0 Å². The first-order valence-electron chi connectivity index (χ1n) is 17.5. The highest BCUT2D eigenvalue weighted by atomic mass is 15.5. The average molecular weight is 648 g/mol. The Bertz CT molecular complexity index is 2440. The standard InChI is InChI=1S/C45H37N5/c1-4-14-30(15-5-1)31-24-26-33(27-25-31)44-46-43(32-16-6-2-7-17-32)47-45(48-44)50-40-23-13-11-21-36(40)38-28-41-37(29-42(38)50)35-20-10-12-22-39(35)49(41)34-18-8-3-9-19-34/h1-29,38,42-48H. The maximum absolute atomic E-state index is 4.00. The smallest absolute Gasteiger partial charge is 0.138 e. The van der Waals surface area contributed by atoms with Crippen LogP contribution in [0.2, 0.25) is 0 Å². The van der Waals surface area contributed by atoms with Crippen molar-refractivity contribution in [1.82, 2.24) is 20.5 Å². The number of para-hydroxylation sites is 3. The Kier molecular flexibility index (Phi) is 7.01. The molecule has 242 valence electrons. The van der Waals surface area contributed by atoms with E-state index in [-0.39, 0.29) is 30.6 Å². The number of rotatable bonds is 5. The zero-order valence-corrected chi connectivity index (χ0v) is 27.5. The fraction of sp³-hybridized carbons (Fsp3) is 0.111. The minimum atomic E-state index is -0.148. The van der Waals surface area contributed by atoms with Crippen LogP contribution in [0.3, 0.4) is 0 Å². The summed E-state index contributed by atoms with van der Waals surface area (Å²) < 4.78 is 2.43. The van der Waals surface area contributed by atoms with Crippen molar-refractivity contribution in [3.63, 3.8) is 0 Å². The molecule has 1 fully saturated rings. The number of aromatic nitrogens is 1. The highest BCUT2D eigenvalue weighted by molar-refractivity contribution is 5.86. The van der Waals surface area contributed by atoms with Crippen molar-refractivity contribution in [2.45, 2.75) is 30.6 Å². The van der Waals surface area contributed by atoms with Crippen LogP contribution in [-0.4, -0.2) is 16.9 Å². The molecule has 1 aromatic heterocycles. The van der Waals surface area contributed by atoms with Gasteiger partial charge in [-0.05, 0) is 58.2 Å². The summed E-state index contributed by atoms with van der Waals surface area (Å²) in [7, 11) is 0. The Morgan fingerprint density at radius 3 is 1.84 bits per heavy atom. The summed E-state index contributed by atoms with van der Waals surface area (Å²) in [6.45, 7) is 0. The van der Waals surface area contributed by atoms with Crippen molar-refractivity contribution in [2.24, 2.45) is 0 Å². The summed E-state index contributed by atoms with van der Waals surface area (Å²) >= 11 is 0. The van der Waals surface area contributed by atoms with E-state index in [1.54, 1.807) is 0 Å². The zero-order valence-electron chi connectivity index (χ0n) is 27.5. The minimum absolute atomic E-state index is 0.0596. The van der Waals surface area contributed by atoms with Gasteiger partial charge in [0.05, 0.1) is 29.2 Å². The fourth-order valence-electron chi connectivity index (χ4n) is 8.34. The molecule has 3 aliphatic rings. The topological polar surface area (TPSA) is 44.3 Å². The van der Waals surface area contributed by atoms with Gasteiger partial charge in [0, 0.05) is 27.9 Å². The molecule has 5 unspecified atom stereocenters. The second kappa shape index (κ2) is 12.0. The van der Waals surface area contributed by atoms with Crippen LogP contribution in [0.5, 0.6) is 0 Å². The van der Waals surface area contributed by atoms with E-state index in [1.165, 1.54) is 60.7 Å². The number of anilines is 1. The van der Waals surface area contributed by atoms with Gasteiger partial charge in [-0.2, -0.15) is 0 Å². The molecule has 0 amide bonds. The van der Waals surface area contributed by atoms with Gasteiger partial charge in [0.2, 0.25) is 0 Å². The highest BCUT2D eigenvalue weighted by Crippen LogP contribution is 2.45. The van der Waals surface area contributed by atoms with E-state index >= 15 is 0 Å². The van der Waals surface area contributed by atoms with Crippen molar-refractivity contribution in [3.05, 3.63) is 191 Å². The van der Waals surface area contributed by atoms with E-state index in [9.17, 15) is 0 Å². The van der Waals surface area contributed by atoms with Gasteiger partial charge in [-0.1, -0.05) is 146 Å². The molecule has 5 nitrogen and oxygen atoms in total. The highest BCUT2D eigenvalue weighted by Gasteiger charge is 2.43. The summed E-state index contributed by atoms with van der Waals surface area (Å²) in [5.74, 6) is 0.197. The number of fused-ring (bicyclic) bond motifs is 6. The first-order valence-corrected chi connectivity index (χ1v) is 17.5. The second-order valence-electron chi connectivity index (χ2n) is 13.5. The lowest BCUT2D eigenvalue weighted by Crippen LogP contribution is -2.67. The third-order valence-corrected chi connectivity index (χ3v) is 10.6. The fourth-order valence-corrected chi connectivity index (χ4v) is 8.34. The molecular weight excluding hydrogens is 611 g/mol. The maximum atomic E-state index is 4.00. The molecule has 7 aromatic rings. The van der Waals surface area contributed by atoms with Crippen molar-refractivity contribution in [2.75, 3.05) is 4.90 Å². The van der Waals surface area contributed by atoms with Crippen LogP contribution in [-0.2, 0) is 0 Å². The summed E-state index contributed by atoms with van der Waals surface area (Å²) in [4.78, 5) is 2.58. The van der Waals surface area contributed by atoms with Crippen LogP contribution >= 0.6 is 0 Å². The Morgan fingerprint density at radius 1 is 0.480 bits per heavy atom. The maximum Gasteiger partial charge on any atom is 0.138 e. The molecule has 0 radical (unpaired) electrons. The number of hydrogen-bond donors (Lipinski definition) is 3. The van der Waals surface area contributed by atoms with E-state index in [2.05, 4.69) is 201 Å². The lowest BCUT2D eigenvalue weighted by molar-refractivity contribution is 0.194. The monoisotopic (exact) mass is 647 g/mol. The first-order chi connectivity index (χ1) is 24.8. The third kappa shape index (κ3) is 4.82. The molecule has 3 N–H and O–H groups in total. The van der Waals surface area contributed by atoms with Crippen LogP contribution in [0.4, 0.5) is 5.69 Å². The molecule has 3 heterocycles. The van der Waals surface area contributed by atoms with Gasteiger partial charge in [0.15, 0.2) is 0 Å². The molecular formula is C45H37N5. The molecule has 6 aromatic carbocycles. The number of hydrogen-bond acceptors (Lipinski definition) is 4. The SMILES string of the molecule is C1=c2c(n(-c3ccccc3)c3ccccc23)=CC2c3ccccc3N(C3NC(c4ccccc4)NC(c4ccc(-c5ccccc5)cc4)N3)C12. The quantitative estimate of drug-likeness (QED) is 0.183. The van der Waals surface area contributed by atoms with Crippen molar-refractivity contribution < 1.29 is 0 Å². The molecule has 0 saturated carbocycles. The van der Waals surface area contributed by atoms with Gasteiger partial charge in [-0.3, -0.25) is 16.0 Å². The molecule has 5 heteroatoms. The number of nitrogens with zero attached hydrogens (tertiary/aromatic N) is 2. The Hall–Kier alpha value is -5.72. The zero-order chi connectivity index (χ0) is 33.0. The van der Waals surface area contributed by atoms with Crippen LogP contribution < -0.4 is 31.4 Å². The summed E-state index contributed by atoms with van der Waals surface area (Å²) in [5.41, 5.74) is 9.88. The second-order valence-corrected chi connectivity index (χ2v) is 13.5. The van der Waals surface area contributed by atoms with Gasteiger partial charge in [0.25, 0.3) is 0 Å². The molecule has 5 atom stereocenters. The predicted octanol–water partition coefficient (Wildman–Crippen LogP) is 7.31. The van der Waals surface area contributed by atoms with Crippen LogP contribution in [0.15, 0.2) is 164 Å². The number of nitrogens with one attached hydrogen (secondary N) is 3. The Balaban J connectivity index is 1.09. The molecule has 50 heavy (non-hydrogen) atoms. The van der Waals surface area contributed by atoms with Crippen LogP contribution in [0, 0.1) is 0 Å². The van der Waals surface area contributed by atoms with Gasteiger partial charge >= 0.3 is 0 Å². The molecule has 1 aliphatic carbocycles. The largest absolute Gasteiger partial charge is 0.336 e. The van der Waals surface area contributed by atoms with E-state index < -0.39 is 0 Å². The van der Waals surface area contributed by atoms with E-state index in [0.717, 1.165) is 0 Å². The van der Waals surface area contributed by atoms with Crippen molar-refractivity contribution in [1.29, 1.82) is 0 Å². The Labute approximate surface area is 291 Å². The summed E-state index contributed by atoms with van der Waals surface area (Å²) in [6, 6.07) is 58.9. The molecule has 2 aliphatic heterocycles. The van der Waals surface area contributed by atoms with Crippen LogP contribution in [0.1, 0.15) is 34.9 Å². The average Bonchev–Trinajstić information content (AvgIpc) is 3.70. The minimum Gasteiger partial charge on any atom is -0.336 e. The van der Waals surface area contributed by atoms with E-state index in [1.807, 2.05) is 0 Å². The van der Waals surface area contributed by atoms with Crippen LogP contribution in [0.25, 0.3) is 39.9 Å². The van der Waals surface area contributed by atoms with Crippen molar-refractivity contribution >= 4 is 28.7 Å². The summed E-state index contributed by atoms with van der Waals surface area (Å²) in [6.07, 6.45) is 4.75. The van der Waals surface area contributed by atoms with E-state index in [0.29, 0.717) is 0 Å². The lowest BCUT2D eigenvalue weighted by Gasteiger charge is -2.45. The van der Waals surface area contributed by atoms with Gasteiger partial charge < -0.3 is 9.47 Å². The predicted molar refractivity (Wildman–Crippen MR) is 204 cm³/mol. The third-order valence-electron chi connectivity index (χ3n) is 10.6. The molecule has 10 rings (SSSR count). The van der Waals surface area contributed by atoms with Gasteiger partial charge in [-0.25, -0.2) is 0 Å². The Morgan fingerprint density at radius 2 is 1.08 bits per heavy atom. The van der Waals surface area contributed by atoms with E-state index in [4.69, 9.17) is 0 Å². The lowest BCUT2D eigenvalue weighted by atomic mass is 9.90. The molecule has 0 bridgehead atoms. The number of benzene rings is 6. The normalized spacial score (nSPS) is 22.2. The molecule has 1 saturated heterocycles. The first kappa shape index (κ1) is 29.2. The summed E-state index contributed by atoms with van der Waals surface area (Å²) in [5, 5.41) is 15.7. The molecule has 0 spiro atoms. The van der Waals surface area contributed by atoms with Crippen molar-refractivity contribution in [3.8, 4) is 16.8 Å².